The highest BCUT2D eigenvalue weighted by Crippen LogP contribution is 2.23. The summed E-state index contributed by atoms with van der Waals surface area (Å²) in [6, 6.07) is 12.3. The van der Waals surface area contributed by atoms with Gasteiger partial charge in [-0.1, -0.05) is 18.2 Å². The van der Waals surface area contributed by atoms with E-state index in [0.29, 0.717) is 18.0 Å². The standard InChI is InChI=1S/C22H28FN3O2/c1-15-12-26(22(27)14-28-21-6-4-5-20(24)17(21)3)16(2)11-25(15)13-18-7-9-19(23)10-8-18/h4-10,15-16H,11-14,24H2,1-3H3/t15-,16+/m0/s1. The molecular weight excluding hydrogens is 357 g/mol. The number of benzene rings is 2. The first-order chi connectivity index (χ1) is 13.3. The van der Waals surface area contributed by atoms with Gasteiger partial charge in [0.1, 0.15) is 11.6 Å². The second-order valence-corrected chi connectivity index (χ2v) is 7.56. The Labute approximate surface area is 165 Å². The van der Waals surface area contributed by atoms with Crippen molar-refractivity contribution in [3.63, 3.8) is 0 Å². The molecule has 1 amide bonds. The second kappa shape index (κ2) is 8.61. The molecule has 1 aliphatic rings. The van der Waals surface area contributed by atoms with E-state index in [-0.39, 0.29) is 30.4 Å². The largest absolute Gasteiger partial charge is 0.483 e. The van der Waals surface area contributed by atoms with Crippen molar-refractivity contribution < 1.29 is 13.9 Å². The van der Waals surface area contributed by atoms with Crippen molar-refractivity contribution in [1.29, 1.82) is 0 Å². The Kier molecular flexibility index (Phi) is 6.19. The summed E-state index contributed by atoms with van der Waals surface area (Å²) in [5.41, 5.74) is 8.47. The van der Waals surface area contributed by atoms with E-state index >= 15 is 0 Å². The lowest BCUT2D eigenvalue weighted by Crippen LogP contribution is -2.58. The number of amides is 1. The number of hydrogen-bond acceptors (Lipinski definition) is 4. The maximum Gasteiger partial charge on any atom is 0.260 e. The molecule has 3 rings (SSSR count). The van der Waals surface area contributed by atoms with E-state index in [9.17, 15) is 9.18 Å². The molecular formula is C22H28FN3O2. The highest BCUT2D eigenvalue weighted by molar-refractivity contribution is 5.78. The van der Waals surface area contributed by atoms with Crippen LogP contribution in [0.4, 0.5) is 10.1 Å². The van der Waals surface area contributed by atoms with Crippen LogP contribution >= 0.6 is 0 Å². The van der Waals surface area contributed by atoms with Crippen LogP contribution in [0.5, 0.6) is 5.75 Å². The Morgan fingerprint density at radius 3 is 2.57 bits per heavy atom. The van der Waals surface area contributed by atoms with E-state index in [1.807, 2.05) is 49.1 Å². The fourth-order valence-corrected chi connectivity index (χ4v) is 3.60. The van der Waals surface area contributed by atoms with Crippen LogP contribution < -0.4 is 10.5 Å². The number of hydrogen-bond donors (Lipinski definition) is 1. The number of carbonyl (C=O) groups is 1. The molecule has 1 saturated heterocycles. The van der Waals surface area contributed by atoms with Crippen molar-refractivity contribution in [1.82, 2.24) is 9.80 Å². The number of piperazine rings is 1. The molecule has 0 saturated carbocycles. The molecule has 0 spiro atoms. The predicted octanol–water partition coefficient (Wildman–Crippen LogP) is 3.22. The zero-order valence-corrected chi connectivity index (χ0v) is 16.7. The molecule has 5 nitrogen and oxygen atoms in total. The molecule has 0 aromatic heterocycles. The molecule has 6 heteroatoms. The van der Waals surface area contributed by atoms with Gasteiger partial charge in [-0.25, -0.2) is 4.39 Å². The molecule has 0 radical (unpaired) electrons. The third-order valence-corrected chi connectivity index (χ3v) is 5.41. The minimum absolute atomic E-state index is 0.000679. The summed E-state index contributed by atoms with van der Waals surface area (Å²) < 4.78 is 18.8. The topological polar surface area (TPSA) is 58.8 Å². The number of rotatable bonds is 5. The fourth-order valence-electron chi connectivity index (χ4n) is 3.60. The number of ether oxygens (including phenoxy) is 1. The SMILES string of the molecule is Cc1c(N)cccc1OCC(=O)N1C[C@H](C)N(Cc2ccc(F)cc2)C[C@H]1C. The molecule has 150 valence electrons. The van der Waals surface area contributed by atoms with Gasteiger partial charge in [0.2, 0.25) is 0 Å². The number of nitrogens with two attached hydrogens (primary N) is 1. The van der Waals surface area contributed by atoms with Crippen LogP contribution in [-0.4, -0.2) is 47.5 Å². The molecule has 28 heavy (non-hydrogen) atoms. The van der Waals surface area contributed by atoms with E-state index in [1.165, 1.54) is 12.1 Å². The third-order valence-electron chi connectivity index (χ3n) is 5.41. The fraction of sp³-hybridized carbons (Fsp3) is 0.409. The van der Waals surface area contributed by atoms with Crippen molar-refractivity contribution in [2.24, 2.45) is 0 Å². The Bertz CT molecular complexity index is 825. The number of halogens is 1. The molecule has 2 aromatic carbocycles. The second-order valence-electron chi connectivity index (χ2n) is 7.56. The van der Waals surface area contributed by atoms with Crippen molar-refractivity contribution in [2.75, 3.05) is 25.4 Å². The zero-order chi connectivity index (χ0) is 20.3. The normalized spacial score (nSPS) is 20.2. The first-order valence-corrected chi connectivity index (χ1v) is 9.61. The van der Waals surface area contributed by atoms with Crippen LogP contribution in [0, 0.1) is 12.7 Å². The monoisotopic (exact) mass is 385 g/mol. The van der Waals surface area contributed by atoms with E-state index in [1.54, 1.807) is 0 Å². The molecule has 1 heterocycles. The Hall–Kier alpha value is -2.60. The summed E-state index contributed by atoms with van der Waals surface area (Å²) in [5, 5.41) is 0. The van der Waals surface area contributed by atoms with Crippen molar-refractivity contribution in [3.05, 3.63) is 59.4 Å². The Morgan fingerprint density at radius 1 is 1.14 bits per heavy atom. The van der Waals surface area contributed by atoms with Gasteiger partial charge >= 0.3 is 0 Å². The number of anilines is 1. The minimum atomic E-state index is -0.226. The smallest absolute Gasteiger partial charge is 0.260 e. The lowest BCUT2D eigenvalue weighted by molar-refractivity contribution is -0.139. The van der Waals surface area contributed by atoms with Gasteiger partial charge in [0.05, 0.1) is 0 Å². The molecule has 1 aliphatic heterocycles. The maximum atomic E-state index is 13.1. The summed E-state index contributed by atoms with van der Waals surface area (Å²) in [6.45, 7) is 8.19. The van der Waals surface area contributed by atoms with Gasteiger partial charge in [0.15, 0.2) is 6.61 Å². The van der Waals surface area contributed by atoms with Crippen LogP contribution in [0.25, 0.3) is 0 Å². The highest BCUT2D eigenvalue weighted by atomic mass is 19.1. The van der Waals surface area contributed by atoms with Crippen molar-refractivity contribution >= 4 is 11.6 Å². The van der Waals surface area contributed by atoms with Gasteiger partial charge < -0.3 is 15.4 Å². The van der Waals surface area contributed by atoms with Gasteiger partial charge in [-0.2, -0.15) is 0 Å². The quantitative estimate of drug-likeness (QED) is 0.803. The van der Waals surface area contributed by atoms with Gasteiger partial charge in [-0.15, -0.1) is 0 Å². The van der Waals surface area contributed by atoms with Crippen LogP contribution in [0.2, 0.25) is 0 Å². The summed E-state index contributed by atoms with van der Waals surface area (Å²) in [4.78, 5) is 16.9. The summed E-state index contributed by atoms with van der Waals surface area (Å²) >= 11 is 0. The van der Waals surface area contributed by atoms with Crippen molar-refractivity contribution in [3.8, 4) is 5.75 Å². The Morgan fingerprint density at radius 2 is 1.86 bits per heavy atom. The summed E-state index contributed by atoms with van der Waals surface area (Å²) in [6.07, 6.45) is 0. The lowest BCUT2D eigenvalue weighted by atomic mass is 10.1. The lowest BCUT2D eigenvalue weighted by Gasteiger charge is -2.44. The average Bonchev–Trinajstić information content (AvgIpc) is 2.67. The van der Waals surface area contributed by atoms with E-state index in [4.69, 9.17) is 10.5 Å². The molecule has 2 aromatic rings. The maximum absolute atomic E-state index is 13.1. The van der Waals surface area contributed by atoms with Crippen LogP contribution in [0.1, 0.15) is 25.0 Å². The molecule has 1 fully saturated rings. The molecule has 2 N–H and O–H groups in total. The van der Waals surface area contributed by atoms with Crippen LogP contribution in [0.15, 0.2) is 42.5 Å². The predicted molar refractivity (Wildman–Crippen MR) is 109 cm³/mol. The molecule has 0 aliphatic carbocycles. The van der Waals surface area contributed by atoms with Gasteiger partial charge in [-0.3, -0.25) is 9.69 Å². The van der Waals surface area contributed by atoms with Gasteiger partial charge in [0, 0.05) is 43.0 Å². The summed E-state index contributed by atoms with van der Waals surface area (Å²) in [5.74, 6) is 0.391. The molecule has 0 bridgehead atoms. The highest BCUT2D eigenvalue weighted by Gasteiger charge is 2.32. The molecule has 2 atom stereocenters. The van der Waals surface area contributed by atoms with E-state index in [2.05, 4.69) is 11.8 Å². The van der Waals surface area contributed by atoms with Crippen LogP contribution in [0.3, 0.4) is 0 Å². The summed E-state index contributed by atoms with van der Waals surface area (Å²) in [7, 11) is 0. The van der Waals surface area contributed by atoms with E-state index in [0.717, 1.165) is 24.2 Å². The number of nitrogens with zero attached hydrogens (tertiary/aromatic N) is 2. The first kappa shape index (κ1) is 20.1. The van der Waals surface area contributed by atoms with E-state index < -0.39 is 0 Å². The van der Waals surface area contributed by atoms with Gasteiger partial charge in [0.25, 0.3) is 5.91 Å². The third kappa shape index (κ3) is 4.62. The number of nitrogen functional groups attached to an aromatic ring is 1. The van der Waals surface area contributed by atoms with Gasteiger partial charge in [-0.05, 0) is 50.6 Å². The van der Waals surface area contributed by atoms with Crippen LogP contribution in [-0.2, 0) is 11.3 Å². The molecule has 0 unspecified atom stereocenters. The first-order valence-electron chi connectivity index (χ1n) is 9.61. The Balaban J connectivity index is 1.57. The number of carbonyl (C=O) groups excluding carboxylic acids is 1. The average molecular weight is 385 g/mol. The van der Waals surface area contributed by atoms with Crippen molar-refractivity contribution in [2.45, 2.75) is 39.4 Å². The zero-order valence-electron chi connectivity index (χ0n) is 16.7. The minimum Gasteiger partial charge on any atom is -0.483 e.